The molecule has 1 heterocycles. The van der Waals surface area contributed by atoms with Gasteiger partial charge in [-0.25, -0.2) is 4.79 Å². The fourth-order valence-corrected chi connectivity index (χ4v) is 2.25. The Morgan fingerprint density at radius 2 is 2.09 bits per heavy atom. The van der Waals surface area contributed by atoms with Crippen molar-refractivity contribution in [3.05, 3.63) is 42.5 Å². The quantitative estimate of drug-likeness (QED) is 0.746. The van der Waals surface area contributed by atoms with E-state index < -0.39 is 18.2 Å². The molecule has 2 rings (SSSR count). The third-order valence-corrected chi connectivity index (χ3v) is 3.37. The van der Waals surface area contributed by atoms with Crippen molar-refractivity contribution in [2.75, 3.05) is 6.61 Å². The third kappa shape index (κ3) is 4.08. The monoisotopic (exact) mass is 305 g/mol. The van der Waals surface area contributed by atoms with Gasteiger partial charge in [-0.3, -0.25) is 4.79 Å². The lowest BCUT2D eigenvalue weighted by atomic mass is 10.1. The molecular weight excluding hydrogens is 286 g/mol. The predicted octanol–water partition coefficient (Wildman–Crippen LogP) is 1.50. The Morgan fingerprint density at radius 1 is 1.36 bits per heavy atom. The maximum Gasteiger partial charge on any atom is 0.332 e. The number of amides is 1. The molecule has 0 aromatic heterocycles. The van der Waals surface area contributed by atoms with Crippen molar-refractivity contribution in [1.29, 1.82) is 0 Å². The first-order chi connectivity index (χ1) is 10.6. The smallest absolute Gasteiger partial charge is 0.332 e. The van der Waals surface area contributed by atoms with Crippen LogP contribution >= 0.6 is 0 Å². The first-order valence-electron chi connectivity index (χ1n) is 7.09. The second-order valence-electron chi connectivity index (χ2n) is 4.95. The van der Waals surface area contributed by atoms with Gasteiger partial charge in [0, 0.05) is 12.1 Å². The number of ether oxygens (including phenoxy) is 2. The van der Waals surface area contributed by atoms with Gasteiger partial charge in [0.1, 0.15) is 18.5 Å². The number of nitrogens with one attached hydrogen (secondary N) is 1. The van der Waals surface area contributed by atoms with Gasteiger partial charge in [0.15, 0.2) is 6.10 Å². The largest absolute Gasteiger partial charge is 0.489 e. The molecule has 0 aliphatic carbocycles. The molecule has 0 radical (unpaired) electrons. The molecule has 0 unspecified atom stereocenters. The number of rotatable bonds is 7. The Hall–Kier alpha value is -2.34. The van der Waals surface area contributed by atoms with Crippen LogP contribution in [0.2, 0.25) is 0 Å². The van der Waals surface area contributed by atoms with Crippen molar-refractivity contribution in [3.63, 3.8) is 0 Å². The van der Waals surface area contributed by atoms with Crippen molar-refractivity contribution < 1.29 is 24.2 Å². The predicted molar refractivity (Wildman–Crippen MR) is 79.5 cm³/mol. The third-order valence-electron chi connectivity index (χ3n) is 3.37. The van der Waals surface area contributed by atoms with Crippen LogP contribution in [0.25, 0.3) is 0 Å². The van der Waals surface area contributed by atoms with Gasteiger partial charge in [-0.1, -0.05) is 30.9 Å². The van der Waals surface area contributed by atoms with E-state index in [1.807, 2.05) is 24.3 Å². The summed E-state index contributed by atoms with van der Waals surface area (Å²) >= 11 is 0. The number of carbonyl (C=O) groups excluding carboxylic acids is 1. The zero-order valence-corrected chi connectivity index (χ0v) is 12.2. The summed E-state index contributed by atoms with van der Waals surface area (Å²) in [6.07, 6.45) is 0.818. The fourth-order valence-electron chi connectivity index (χ4n) is 2.25. The number of hydrogen-bond donors (Lipinski definition) is 2. The Bertz CT molecular complexity index is 557. The van der Waals surface area contributed by atoms with E-state index in [0.29, 0.717) is 31.7 Å². The van der Waals surface area contributed by atoms with Gasteiger partial charge in [-0.05, 0) is 18.9 Å². The minimum atomic E-state index is -1.03. The number of carboxylic acids is 1. The second-order valence-corrected chi connectivity index (χ2v) is 4.95. The number of para-hydroxylation sites is 1. The summed E-state index contributed by atoms with van der Waals surface area (Å²) < 4.78 is 10.7. The summed E-state index contributed by atoms with van der Waals surface area (Å²) in [5.41, 5.74) is 0.838. The van der Waals surface area contributed by atoms with E-state index in [-0.39, 0.29) is 5.91 Å². The van der Waals surface area contributed by atoms with Crippen molar-refractivity contribution in [2.45, 2.75) is 31.6 Å². The van der Waals surface area contributed by atoms with Crippen LogP contribution in [0.15, 0.2) is 36.9 Å². The van der Waals surface area contributed by atoms with E-state index in [0.717, 1.165) is 5.56 Å². The van der Waals surface area contributed by atoms with Crippen molar-refractivity contribution >= 4 is 11.9 Å². The summed E-state index contributed by atoms with van der Waals surface area (Å²) in [7, 11) is 0. The Balaban J connectivity index is 1.89. The van der Waals surface area contributed by atoms with Gasteiger partial charge in [0.05, 0.1) is 0 Å². The molecule has 0 saturated carbocycles. The van der Waals surface area contributed by atoms with Crippen molar-refractivity contribution in [3.8, 4) is 5.75 Å². The van der Waals surface area contributed by atoms with Crippen LogP contribution in [0, 0.1) is 0 Å². The first kappa shape index (κ1) is 16.0. The van der Waals surface area contributed by atoms with E-state index in [1.165, 1.54) is 0 Å². The highest BCUT2D eigenvalue weighted by Crippen LogP contribution is 2.21. The van der Waals surface area contributed by atoms with Crippen LogP contribution in [0.5, 0.6) is 5.75 Å². The van der Waals surface area contributed by atoms with Crippen LogP contribution < -0.4 is 10.1 Å². The molecule has 1 saturated heterocycles. The highest BCUT2D eigenvalue weighted by Gasteiger charge is 2.34. The summed E-state index contributed by atoms with van der Waals surface area (Å²) in [5.74, 6) is -0.654. The van der Waals surface area contributed by atoms with Gasteiger partial charge < -0.3 is 19.9 Å². The lowest BCUT2D eigenvalue weighted by Gasteiger charge is -2.14. The summed E-state index contributed by atoms with van der Waals surface area (Å²) in [5, 5.41) is 11.6. The van der Waals surface area contributed by atoms with Crippen LogP contribution in [0.3, 0.4) is 0 Å². The fraction of sp³-hybridized carbons (Fsp3) is 0.375. The molecule has 1 amide bonds. The van der Waals surface area contributed by atoms with Gasteiger partial charge >= 0.3 is 5.97 Å². The highest BCUT2D eigenvalue weighted by atomic mass is 16.5. The number of hydrogen-bond acceptors (Lipinski definition) is 4. The number of carboxylic acid groups (broad SMARTS) is 1. The standard InChI is InChI=1S/C16H19NO5/c1-2-9-21-12-6-4-3-5-11(12)10-17-15(18)13-7-8-14(22-13)16(19)20/h2-6,13-14H,1,7-10H2,(H,17,18)(H,19,20)/t13-,14+/m0/s1. The topological polar surface area (TPSA) is 84.9 Å². The molecule has 0 bridgehead atoms. The molecule has 1 aromatic rings. The molecule has 1 aliphatic heterocycles. The second kappa shape index (κ2) is 7.61. The maximum atomic E-state index is 12.0. The Morgan fingerprint density at radius 3 is 2.77 bits per heavy atom. The highest BCUT2D eigenvalue weighted by molar-refractivity contribution is 5.82. The maximum absolute atomic E-state index is 12.0. The normalized spacial score (nSPS) is 20.4. The summed E-state index contributed by atoms with van der Waals surface area (Å²) in [4.78, 5) is 22.8. The Kier molecular flexibility index (Phi) is 5.55. The molecular formula is C16H19NO5. The molecule has 22 heavy (non-hydrogen) atoms. The van der Waals surface area contributed by atoms with E-state index in [2.05, 4.69) is 11.9 Å². The number of benzene rings is 1. The van der Waals surface area contributed by atoms with Crippen LogP contribution in [-0.2, 0) is 20.9 Å². The summed E-state index contributed by atoms with van der Waals surface area (Å²) in [6.45, 7) is 4.28. The molecule has 1 fully saturated rings. The minimum Gasteiger partial charge on any atom is -0.489 e. The average Bonchev–Trinajstić information content (AvgIpc) is 3.01. The van der Waals surface area contributed by atoms with Crippen molar-refractivity contribution in [1.82, 2.24) is 5.32 Å². The lowest BCUT2D eigenvalue weighted by molar-refractivity contribution is -0.151. The molecule has 6 nitrogen and oxygen atoms in total. The average molecular weight is 305 g/mol. The molecule has 2 atom stereocenters. The van der Waals surface area contributed by atoms with Gasteiger partial charge in [0.2, 0.25) is 5.91 Å². The van der Waals surface area contributed by atoms with E-state index >= 15 is 0 Å². The SMILES string of the molecule is C=CCOc1ccccc1CNC(=O)[C@@H]1CC[C@H](C(=O)O)O1. The number of carbonyl (C=O) groups is 2. The molecule has 6 heteroatoms. The van der Waals surface area contributed by atoms with Gasteiger partial charge in [0.25, 0.3) is 0 Å². The van der Waals surface area contributed by atoms with E-state index in [1.54, 1.807) is 6.08 Å². The zero-order chi connectivity index (χ0) is 15.9. The molecule has 1 aromatic carbocycles. The molecule has 118 valence electrons. The van der Waals surface area contributed by atoms with E-state index in [4.69, 9.17) is 14.6 Å². The van der Waals surface area contributed by atoms with Crippen LogP contribution in [0.1, 0.15) is 18.4 Å². The molecule has 0 spiro atoms. The first-order valence-corrected chi connectivity index (χ1v) is 7.09. The van der Waals surface area contributed by atoms with Gasteiger partial charge in [-0.2, -0.15) is 0 Å². The van der Waals surface area contributed by atoms with Crippen LogP contribution in [0.4, 0.5) is 0 Å². The lowest BCUT2D eigenvalue weighted by Crippen LogP contribution is -2.35. The van der Waals surface area contributed by atoms with E-state index in [9.17, 15) is 9.59 Å². The van der Waals surface area contributed by atoms with Gasteiger partial charge in [-0.15, -0.1) is 0 Å². The summed E-state index contributed by atoms with van der Waals surface area (Å²) in [6, 6.07) is 7.38. The van der Waals surface area contributed by atoms with Crippen molar-refractivity contribution in [2.24, 2.45) is 0 Å². The minimum absolute atomic E-state index is 0.295. The number of aliphatic carboxylic acids is 1. The zero-order valence-electron chi connectivity index (χ0n) is 12.2. The van der Waals surface area contributed by atoms with Crippen LogP contribution in [-0.4, -0.2) is 35.8 Å². The molecule has 2 N–H and O–H groups in total. The Labute approximate surface area is 128 Å². The molecule has 1 aliphatic rings.